The molecule has 0 radical (unpaired) electrons. The first kappa shape index (κ1) is 12.9. The van der Waals surface area contributed by atoms with E-state index in [9.17, 15) is 4.79 Å². The Morgan fingerprint density at radius 3 is 2.87 bits per heavy atom. The first-order chi connectivity index (χ1) is 7.24. The van der Waals surface area contributed by atoms with Crippen molar-refractivity contribution in [3.8, 4) is 0 Å². The van der Waals surface area contributed by atoms with Crippen LogP contribution < -0.4 is 5.32 Å². The largest absolute Gasteiger partial charge is 0.468 e. The van der Waals surface area contributed by atoms with E-state index in [1.807, 2.05) is 0 Å². The number of carbonyl (C=O) groups excluding carboxylic acids is 1. The number of nitrogens with one attached hydrogen (secondary N) is 1. The minimum absolute atomic E-state index is 0.227. The molecule has 1 saturated heterocycles. The standard InChI is InChI=1S/C10H18BrNO3/c1-14-10(13)9(11)7-12-6-8-2-4-15-5-3-8/h8-9,12H,2-7H2,1H3. The van der Waals surface area contributed by atoms with Gasteiger partial charge >= 0.3 is 5.97 Å². The van der Waals surface area contributed by atoms with E-state index in [1.165, 1.54) is 7.11 Å². The van der Waals surface area contributed by atoms with E-state index in [2.05, 4.69) is 26.0 Å². The minimum atomic E-state index is -0.248. The van der Waals surface area contributed by atoms with Gasteiger partial charge in [-0.25, -0.2) is 0 Å². The Balaban J connectivity index is 2.07. The average molecular weight is 280 g/mol. The van der Waals surface area contributed by atoms with Crippen LogP contribution in [0.3, 0.4) is 0 Å². The molecule has 1 heterocycles. The Morgan fingerprint density at radius 2 is 2.27 bits per heavy atom. The lowest BCUT2D eigenvalue weighted by molar-refractivity contribution is -0.139. The van der Waals surface area contributed by atoms with Gasteiger partial charge in [0.15, 0.2) is 0 Å². The maximum Gasteiger partial charge on any atom is 0.320 e. The van der Waals surface area contributed by atoms with Gasteiger partial charge in [0.2, 0.25) is 0 Å². The van der Waals surface area contributed by atoms with Gasteiger partial charge in [0.05, 0.1) is 7.11 Å². The second-order valence-electron chi connectivity index (χ2n) is 3.70. The molecule has 0 bridgehead atoms. The maximum absolute atomic E-state index is 11.1. The van der Waals surface area contributed by atoms with Crippen LogP contribution in [0.25, 0.3) is 0 Å². The predicted molar refractivity (Wildman–Crippen MR) is 61.1 cm³/mol. The Labute approximate surface area is 98.8 Å². The lowest BCUT2D eigenvalue weighted by Crippen LogP contribution is -2.34. The van der Waals surface area contributed by atoms with Crippen molar-refractivity contribution < 1.29 is 14.3 Å². The summed E-state index contributed by atoms with van der Waals surface area (Å²) in [5.74, 6) is 0.450. The Morgan fingerprint density at radius 1 is 1.60 bits per heavy atom. The molecule has 4 nitrogen and oxygen atoms in total. The molecule has 5 heteroatoms. The average Bonchev–Trinajstić information content (AvgIpc) is 2.29. The van der Waals surface area contributed by atoms with E-state index < -0.39 is 0 Å². The molecule has 0 aromatic rings. The summed E-state index contributed by atoms with van der Waals surface area (Å²) in [6.07, 6.45) is 2.22. The highest BCUT2D eigenvalue weighted by molar-refractivity contribution is 9.10. The monoisotopic (exact) mass is 279 g/mol. The molecule has 0 saturated carbocycles. The molecule has 88 valence electrons. The van der Waals surface area contributed by atoms with Crippen molar-refractivity contribution in [1.82, 2.24) is 5.32 Å². The molecular formula is C10H18BrNO3. The third-order valence-electron chi connectivity index (χ3n) is 2.55. The first-order valence-corrected chi connectivity index (χ1v) is 6.16. The van der Waals surface area contributed by atoms with Gasteiger partial charge < -0.3 is 14.8 Å². The summed E-state index contributed by atoms with van der Waals surface area (Å²) in [5, 5.41) is 3.27. The number of hydrogen-bond acceptors (Lipinski definition) is 4. The maximum atomic E-state index is 11.1. The summed E-state index contributed by atoms with van der Waals surface area (Å²) < 4.78 is 9.88. The Bertz CT molecular complexity index is 195. The quantitative estimate of drug-likeness (QED) is 0.601. The number of esters is 1. The van der Waals surface area contributed by atoms with Crippen LogP contribution in [-0.4, -0.2) is 44.2 Å². The molecule has 1 N–H and O–H groups in total. The van der Waals surface area contributed by atoms with Gasteiger partial charge in [-0.1, -0.05) is 15.9 Å². The summed E-state index contributed by atoms with van der Waals surface area (Å²) in [6.45, 7) is 3.29. The molecule has 1 fully saturated rings. The fourth-order valence-electron chi connectivity index (χ4n) is 1.58. The van der Waals surface area contributed by atoms with E-state index in [0.717, 1.165) is 32.6 Å². The summed E-state index contributed by atoms with van der Waals surface area (Å²) in [4.78, 5) is 10.8. The normalized spacial score (nSPS) is 19.9. The number of halogens is 1. The van der Waals surface area contributed by atoms with Crippen molar-refractivity contribution in [2.75, 3.05) is 33.4 Å². The van der Waals surface area contributed by atoms with Crippen LogP contribution in [0, 0.1) is 5.92 Å². The molecule has 0 spiro atoms. The summed E-state index contributed by atoms with van der Waals surface area (Å²) in [7, 11) is 1.40. The molecule has 0 aliphatic carbocycles. The number of alkyl halides is 1. The van der Waals surface area contributed by atoms with Crippen LogP contribution in [0.1, 0.15) is 12.8 Å². The summed E-state index contributed by atoms with van der Waals surface area (Å²) in [6, 6.07) is 0. The van der Waals surface area contributed by atoms with Crippen LogP contribution in [0.2, 0.25) is 0 Å². The van der Waals surface area contributed by atoms with Crippen LogP contribution in [0.15, 0.2) is 0 Å². The fourth-order valence-corrected chi connectivity index (χ4v) is 1.99. The van der Waals surface area contributed by atoms with Gasteiger partial charge in [0.25, 0.3) is 0 Å². The molecule has 0 aromatic carbocycles. The highest BCUT2D eigenvalue weighted by Gasteiger charge is 2.17. The van der Waals surface area contributed by atoms with Crippen LogP contribution in [-0.2, 0) is 14.3 Å². The van der Waals surface area contributed by atoms with Crippen molar-refractivity contribution in [1.29, 1.82) is 0 Å². The van der Waals surface area contributed by atoms with E-state index in [-0.39, 0.29) is 10.8 Å². The summed E-state index contributed by atoms with van der Waals surface area (Å²) >= 11 is 3.27. The molecule has 1 aliphatic rings. The van der Waals surface area contributed by atoms with Gasteiger partial charge in [-0.3, -0.25) is 4.79 Å². The van der Waals surface area contributed by atoms with E-state index in [4.69, 9.17) is 4.74 Å². The van der Waals surface area contributed by atoms with Gasteiger partial charge in [-0.05, 0) is 25.3 Å². The molecule has 15 heavy (non-hydrogen) atoms. The number of ether oxygens (including phenoxy) is 2. The molecule has 0 amide bonds. The molecular weight excluding hydrogens is 262 g/mol. The third kappa shape index (κ3) is 4.95. The van der Waals surface area contributed by atoms with Gasteiger partial charge in [-0.2, -0.15) is 0 Å². The number of hydrogen-bond donors (Lipinski definition) is 1. The van der Waals surface area contributed by atoms with E-state index in [1.54, 1.807) is 0 Å². The second kappa shape index (κ2) is 7.19. The zero-order valence-corrected chi connectivity index (χ0v) is 10.6. The Hall–Kier alpha value is -0.130. The highest BCUT2D eigenvalue weighted by Crippen LogP contribution is 2.13. The van der Waals surface area contributed by atoms with Gasteiger partial charge in [-0.15, -0.1) is 0 Å². The SMILES string of the molecule is COC(=O)C(Br)CNCC1CCOCC1. The topological polar surface area (TPSA) is 47.6 Å². The van der Waals surface area contributed by atoms with Crippen LogP contribution in [0.5, 0.6) is 0 Å². The van der Waals surface area contributed by atoms with Gasteiger partial charge in [0, 0.05) is 19.8 Å². The Kier molecular flexibility index (Phi) is 6.20. The smallest absolute Gasteiger partial charge is 0.320 e. The van der Waals surface area contributed by atoms with Crippen LogP contribution >= 0.6 is 15.9 Å². The molecule has 0 aromatic heterocycles. The van der Waals surface area contributed by atoms with E-state index in [0.29, 0.717) is 12.5 Å². The zero-order valence-electron chi connectivity index (χ0n) is 9.00. The van der Waals surface area contributed by atoms with Gasteiger partial charge in [0.1, 0.15) is 4.83 Å². The minimum Gasteiger partial charge on any atom is -0.468 e. The highest BCUT2D eigenvalue weighted by atomic mass is 79.9. The van der Waals surface area contributed by atoms with Crippen LogP contribution in [0.4, 0.5) is 0 Å². The number of methoxy groups -OCH3 is 1. The van der Waals surface area contributed by atoms with Crippen molar-refractivity contribution in [2.45, 2.75) is 17.7 Å². The molecule has 1 unspecified atom stereocenters. The first-order valence-electron chi connectivity index (χ1n) is 5.24. The molecule has 1 rings (SSSR count). The zero-order chi connectivity index (χ0) is 11.1. The lowest BCUT2D eigenvalue weighted by atomic mass is 10.0. The van der Waals surface area contributed by atoms with Crippen molar-refractivity contribution >= 4 is 21.9 Å². The second-order valence-corrected chi connectivity index (χ2v) is 4.81. The lowest BCUT2D eigenvalue weighted by Gasteiger charge is -2.22. The third-order valence-corrected chi connectivity index (χ3v) is 3.25. The van der Waals surface area contributed by atoms with E-state index >= 15 is 0 Å². The summed E-state index contributed by atoms with van der Waals surface area (Å²) in [5.41, 5.74) is 0. The number of rotatable bonds is 5. The fraction of sp³-hybridized carbons (Fsp3) is 0.900. The molecule has 1 aliphatic heterocycles. The van der Waals surface area contributed by atoms with Crippen molar-refractivity contribution in [3.63, 3.8) is 0 Å². The predicted octanol–water partition coefficient (Wildman–Crippen LogP) is 0.939. The van der Waals surface area contributed by atoms with Crippen molar-refractivity contribution in [3.05, 3.63) is 0 Å². The molecule has 1 atom stereocenters. The number of carbonyl (C=O) groups is 1. The van der Waals surface area contributed by atoms with Crippen molar-refractivity contribution in [2.24, 2.45) is 5.92 Å².